The highest BCUT2D eigenvalue weighted by Crippen LogP contribution is 2.35. The van der Waals surface area contributed by atoms with Gasteiger partial charge in [0.2, 0.25) is 0 Å². The first-order valence-electron chi connectivity index (χ1n) is 4.91. The first-order chi connectivity index (χ1) is 6.84. The average molecular weight is 191 g/mol. The Morgan fingerprint density at radius 3 is 3.14 bits per heavy atom. The van der Waals surface area contributed by atoms with Crippen LogP contribution in [0.3, 0.4) is 0 Å². The van der Waals surface area contributed by atoms with Crippen molar-refractivity contribution in [3.05, 3.63) is 6.33 Å². The fraction of sp³-hybridized carbons (Fsp3) is 0.556. The van der Waals surface area contributed by atoms with Gasteiger partial charge in [-0.25, -0.2) is 9.97 Å². The second-order valence-electron chi connectivity index (χ2n) is 3.87. The van der Waals surface area contributed by atoms with Crippen molar-refractivity contribution in [1.29, 1.82) is 0 Å². The summed E-state index contributed by atoms with van der Waals surface area (Å²) in [6.07, 6.45) is 4.14. The molecule has 1 aliphatic heterocycles. The highest BCUT2D eigenvalue weighted by molar-refractivity contribution is 5.81. The largest absolute Gasteiger partial charge is 0.365 e. The molecule has 1 aliphatic carbocycles. The molecule has 0 radical (unpaired) electrons. The second kappa shape index (κ2) is 2.73. The highest BCUT2D eigenvalue weighted by atomic mass is 15.3. The molecule has 1 fully saturated rings. The molecule has 0 amide bonds. The summed E-state index contributed by atoms with van der Waals surface area (Å²) in [5.41, 5.74) is 1.04. The molecule has 5 heteroatoms. The van der Waals surface area contributed by atoms with E-state index in [-0.39, 0.29) is 0 Å². The quantitative estimate of drug-likeness (QED) is 0.726. The summed E-state index contributed by atoms with van der Waals surface area (Å²) in [4.78, 5) is 10.6. The average Bonchev–Trinajstić information content (AvgIpc) is 2.92. The zero-order chi connectivity index (χ0) is 9.54. The predicted molar refractivity (Wildman–Crippen MR) is 55.6 cm³/mol. The van der Waals surface area contributed by atoms with Crippen molar-refractivity contribution in [3.8, 4) is 0 Å². The Hall–Kier alpha value is -1.52. The lowest BCUT2D eigenvalue weighted by Gasteiger charge is -2.09. The predicted octanol–water partition coefficient (Wildman–Crippen LogP) is 0.870. The molecule has 3 rings (SSSR count). The fourth-order valence-corrected chi connectivity index (χ4v) is 1.63. The molecule has 0 atom stereocenters. The van der Waals surface area contributed by atoms with E-state index in [1.165, 1.54) is 12.8 Å². The van der Waals surface area contributed by atoms with Gasteiger partial charge in [-0.2, -0.15) is 0 Å². The van der Waals surface area contributed by atoms with Gasteiger partial charge in [-0.05, 0) is 12.8 Å². The first kappa shape index (κ1) is 7.84. The van der Waals surface area contributed by atoms with Crippen molar-refractivity contribution in [3.63, 3.8) is 0 Å². The number of fused-ring (bicyclic) bond motifs is 1. The van der Waals surface area contributed by atoms with Crippen LogP contribution in [-0.4, -0.2) is 29.7 Å². The number of nitrogens with one attached hydrogen (secondary N) is 2. The molecular formula is C9H13N5. The minimum Gasteiger partial charge on any atom is -0.365 e. The molecule has 1 saturated carbocycles. The number of rotatable bonds is 2. The number of hydrogen-bond donors (Lipinski definition) is 2. The summed E-state index contributed by atoms with van der Waals surface area (Å²) in [6.45, 7) is 0.813. The van der Waals surface area contributed by atoms with E-state index in [0.717, 1.165) is 24.0 Å². The van der Waals surface area contributed by atoms with Crippen molar-refractivity contribution < 1.29 is 0 Å². The summed E-state index contributed by atoms with van der Waals surface area (Å²) in [7, 11) is 2.02. The van der Waals surface area contributed by atoms with Gasteiger partial charge in [0.25, 0.3) is 0 Å². The van der Waals surface area contributed by atoms with E-state index in [9.17, 15) is 0 Å². The number of aromatic nitrogens is 2. The van der Waals surface area contributed by atoms with Crippen molar-refractivity contribution in [2.75, 3.05) is 29.2 Å². The van der Waals surface area contributed by atoms with Gasteiger partial charge in [0.1, 0.15) is 12.0 Å². The van der Waals surface area contributed by atoms with Crippen molar-refractivity contribution in [2.45, 2.75) is 18.9 Å². The molecule has 14 heavy (non-hydrogen) atoms. The maximum atomic E-state index is 4.25. The Labute approximate surface area is 82.5 Å². The van der Waals surface area contributed by atoms with Crippen LogP contribution in [0.25, 0.3) is 0 Å². The fourth-order valence-electron chi connectivity index (χ4n) is 1.63. The minimum absolute atomic E-state index is 0.627. The monoisotopic (exact) mass is 191 g/mol. The number of hydrogen-bond acceptors (Lipinski definition) is 5. The molecular weight excluding hydrogens is 178 g/mol. The molecule has 0 spiro atoms. The van der Waals surface area contributed by atoms with Crippen LogP contribution in [0.4, 0.5) is 17.3 Å². The molecule has 2 aliphatic rings. The molecule has 2 N–H and O–H groups in total. The lowest BCUT2D eigenvalue weighted by molar-refractivity contribution is 1.000. The van der Waals surface area contributed by atoms with Crippen LogP contribution in [0.1, 0.15) is 12.8 Å². The molecule has 0 aromatic carbocycles. The lowest BCUT2D eigenvalue weighted by atomic mass is 10.4. The molecule has 2 heterocycles. The molecule has 0 unspecified atom stereocenters. The number of nitrogens with zero attached hydrogens (tertiary/aromatic N) is 3. The van der Waals surface area contributed by atoms with Gasteiger partial charge in [-0.3, -0.25) is 0 Å². The van der Waals surface area contributed by atoms with Gasteiger partial charge < -0.3 is 15.5 Å². The SMILES string of the molecule is CN1CNc2c(NC3CC3)ncnc21. The smallest absolute Gasteiger partial charge is 0.158 e. The second-order valence-corrected chi connectivity index (χ2v) is 3.87. The standard InChI is InChI=1S/C9H13N5/c1-14-5-12-7-8(13-6-2-3-6)10-4-11-9(7)14/h4,6,12H,2-3,5H2,1H3,(H,10,11,13). The minimum atomic E-state index is 0.627. The molecule has 74 valence electrons. The molecule has 0 bridgehead atoms. The number of anilines is 3. The van der Waals surface area contributed by atoms with Crippen LogP contribution >= 0.6 is 0 Å². The van der Waals surface area contributed by atoms with Gasteiger partial charge in [-0.15, -0.1) is 0 Å². The van der Waals surface area contributed by atoms with Crippen LogP contribution in [0.2, 0.25) is 0 Å². The maximum absolute atomic E-state index is 4.25. The van der Waals surface area contributed by atoms with Crippen LogP contribution in [0.15, 0.2) is 6.33 Å². The van der Waals surface area contributed by atoms with Crippen molar-refractivity contribution in [1.82, 2.24) is 9.97 Å². The van der Waals surface area contributed by atoms with Crippen LogP contribution < -0.4 is 15.5 Å². The van der Waals surface area contributed by atoms with Crippen LogP contribution in [0.5, 0.6) is 0 Å². The lowest BCUT2D eigenvalue weighted by Crippen LogP contribution is -2.16. The summed E-state index contributed by atoms with van der Waals surface area (Å²) < 4.78 is 0. The van der Waals surface area contributed by atoms with Crippen molar-refractivity contribution in [2.24, 2.45) is 0 Å². The van der Waals surface area contributed by atoms with Gasteiger partial charge in [0, 0.05) is 13.1 Å². The molecule has 1 aromatic heterocycles. The first-order valence-corrected chi connectivity index (χ1v) is 4.91. The third kappa shape index (κ3) is 1.16. The highest BCUT2D eigenvalue weighted by Gasteiger charge is 2.26. The zero-order valence-electron chi connectivity index (χ0n) is 8.12. The van der Waals surface area contributed by atoms with Gasteiger partial charge in [0.15, 0.2) is 11.6 Å². The Bertz CT molecular complexity index is 360. The summed E-state index contributed by atoms with van der Waals surface area (Å²) in [5.74, 6) is 1.94. The van der Waals surface area contributed by atoms with E-state index in [1.807, 2.05) is 7.05 Å². The zero-order valence-corrected chi connectivity index (χ0v) is 8.12. The molecule has 0 saturated heterocycles. The Morgan fingerprint density at radius 2 is 2.36 bits per heavy atom. The Balaban J connectivity index is 1.95. The van der Waals surface area contributed by atoms with Gasteiger partial charge >= 0.3 is 0 Å². The maximum Gasteiger partial charge on any atom is 0.158 e. The van der Waals surface area contributed by atoms with E-state index in [1.54, 1.807) is 6.33 Å². The van der Waals surface area contributed by atoms with Crippen LogP contribution in [-0.2, 0) is 0 Å². The third-order valence-corrected chi connectivity index (χ3v) is 2.60. The molecule has 1 aromatic rings. The van der Waals surface area contributed by atoms with E-state index in [2.05, 4.69) is 25.5 Å². The molecule has 5 nitrogen and oxygen atoms in total. The van der Waals surface area contributed by atoms with E-state index >= 15 is 0 Å². The summed E-state index contributed by atoms with van der Waals surface area (Å²) in [5, 5.41) is 6.69. The summed E-state index contributed by atoms with van der Waals surface area (Å²) in [6, 6.07) is 0.627. The van der Waals surface area contributed by atoms with E-state index < -0.39 is 0 Å². The summed E-state index contributed by atoms with van der Waals surface area (Å²) >= 11 is 0. The van der Waals surface area contributed by atoms with Crippen LogP contribution in [0, 0.1) is 0 Å². The Kier molecular flexibility index (Phi) is 1.53. The topological polar surface area (TPSA) is 53.1 Å². The third-order valence-electron chi connectivity index (χ3n) is 2.60. The van der Waals surface area contributed by atoms with E-state index in [4.69, 9.17) is 0 Å². The van der Waals surface area contributed by atoms with Gasteiger partial charge in [0.05, 0.1) is 6.67 Å². The van der Waals surface area contributed by atoms with Gasteiger partial charge in [-0.1, -0.05) is 0 Å². The van der Waals surface area contributed by atoms with E-state index in [0.29, 0.717) is 6.04 Å². The Morgan fingerprint density at radius 1 is 1.50 bits per heavy atom. The van der Waals surface area contributed by atoms with Crippen molar-refractivity contribution >= 4 is 17.3 Å². The normalized spacial score (nSPS) is 19.1.